The third-order valence-corrected chi connectivity index (χ3v) is 10.0. The fourth-order valence-corrected chi connectivity index (χ4v) is 7.02. The zero-order chi connectivity index (χ0) is 25.7. The van der Waals surface area contributed by atoms with E-state index in [1.165, 1.54) is 0 Å². The Labute approximate surface area is 227 Å². The maximum Gasteiger partial charge on any atom is 0.242 e. The van der Waals surface area contributed by atoms with Crippen molar-refractivity contribution in [3.05, 3.63) is 51.6 Å². The highest BCUT2D eigenvalue weighted by molar-refractivity contribution is 7.93. The minimum Gasteiger partial charge on any atom is -0.493 e. The Morgan fingerprint density at radius 1 is 1.03 bits per heavy atom. The van der Waals surface area contributed by atoms with Crippen LogP contribution in [-0.4, -0.2) is 52.9 Å². The van der Waals surface area contributed by atoms with Crippen LogP contribution in [0.1, 0.15) is 68.5 Å². The number of benzene rings is 1. The average molecular weight is 565 g/mol. The van der Waals surface area contributed by atoms with Crippen LogP contribution in [0.2, 0.25) is 10.0 Å². The van der Waals surface area contributed by atoms with E-state index in [1.807, 2.05) is 24.4 Å². The molecule has 0 spiro atoms. The highest BCUT2D eigenvalue weighted by Gasteiger charge is 2.37. The van der Waals surface area contributed by atoms with Gasteiger partial charge in [-0.3, -0.25) is 14.0 Å². The van der Waals surface area contributed by atoms with E-state index in [0.29, 0.717) is 47.0 Å². The van der Waals surface area contributed by atoms with Gasteiger partial charge in [0, 0.05) is 33.9 Å². The molecule has 1 aromatic carbocycles. The molecule has 198 valence electrons. The number of ether oxygens (including phenoxy) is 1. The molecule has 1 atom stereocenters. The van der Waals surface area contributed by atoms with Crippen molar-refractivity contribution >= 4 is 44.8 Å². The normalized spacial score (nSPS) is 20.3. The summed E-state index contributed by atoms with van der Waals surface area (Å²) in [5.74, 6) is 1.98. The van der Waals surface area contributed by atoms with Crippen LogP contribution in [0.4, 0.5) is 5.95 Å². The van der Waals surface area contributed by atoms with E-state index in [1.54, 1.807) is 10.5 Å². The smallest absolute Gasteiger partial charge is 0.242 e. The largest absolute Gasteiger partial charge is 0.493 e. The Morgan fingerprint density at radius 3 is 2.38 bits per heavy atom. The molecule has 8 nitrogen and oxygen atoms in total. The van der Waals surface area contributed by atoms with Crippen LogP contribution in [0.25, 0.3) is 5.65 Å². The molecule has 3 aliphatic rings. The standard InChI is InChI=1S/C26H31Cl2N5O3S/c1-16(19-10-20(27)12-21(28)11-19)32-8-6-17(7-9-32)15-36-24-13-25-29-30-26(31-37(34,35)22-4-5-22)33(25)14-23(24)18-2-3-18/h10-14,16-18,22H,2-9,15H2,1H3,(H,30,31)/t16-/m0/s1. The summed E-state index contributed by atoms with van der Waals surface area (Å²) in [6, 6.07) is 7.91. The van der Waals surface area contributed by atoms with Crippen molar-refractivity contribution in [3.63, 3.8) is 0 Å². The van der Waals surface area contributed by atoms with Crippen molar-refractivity contribution in [3.8, 4) is 5.75 Å². The molecule has 3 heterocycles. The quantitative estimate of drug-likeness (QED) is 0.360. The van der Waals surface area contributed by atoms with Gasteiger partial charge in [0.1, 0.15) is 5.75 Å². The van der Waals surface area contributed by atoms with E-state index < -0.39 is 10.0 Å². The summed E-state index contributed by atoms with van der Waals surface area (Å²) in [5.41, 5.74) is 2.82. The predicted octanol–water partition coefficient (Wildman–Crippen LogP) is 5.67. The zero-order valence-corrected chi connectivity index (χ0v) is 23.1. The summed E-state index contributed by atoms with van der Waals surface area (Å²) in [7, 11) is -3.41. The van der Waals surface area contributed by atoms with E-state index >= 15 is 0 Å². The lowest BCUT2D eigenvalue weighted by atomic mass is 9.95. The fraction of sp³-hybridized carbons (Fsp3) is 0.538. The zero-order valence-electron chi connectivity index (χ0n) is 20.7. The molecule has 3 aromatic rings. The number of piperidine rings is 1. The molecule has 0 radical (unpaired) electrons. The van der Waals surface area contributed by atoms with Gasteiger partial charge in [-0.2, -0.15) is 0 Å². The molecule has 3 fully saturated rings. The monoisotopic (exact) mass is 563 g/mol. The van der Waals surface area contributed by atoms with Crippen molar-refractivity contribution in [2.24, 2.45) is 5.92 Å². The lowest BCUT2D eigenvalue weighted by Gasteiger charge is -2.36. The van der Waals surface area contributed by atoms with Crippen LogP contribution in [0.15, 0.2) is 30.5 Å². The Kier molecular flexibility index (Phi) is 6.76. The average Bonchev–Trinajstić information content (AvgIpc) is 3.79. The number of anilines is 1. The van der Waals surface area contributed by atoms with E-state index in [9.17, 15) is 8.42 Å². The Balaban J connectivity index is 1.11. The lowest BCUT2D eigenvalue weighted by Crippen LogP contribution is -2.37. The molecule has 1 saturated heterocycles. The minimum absolute atomic E-state index is 0.248. The first kappa shape index (κ1) is 25.2. The Hall–Kier alpha value is -2.07. The van der Waals surface area contributed by atoms with Crippen molar-refractivity contribution in [1.82, 2.24) is 19.5 Å². The number of likely N-dealkylation sites (tertiary alicyclic amines) is 1. The van der Waals surface area contributed by atoms with Gasteiger partial charge in [-0.25, -0.2) is 8.42 Å². The first-order chi connectivity index (χ1) is 17.8. The number of fused-ring (bicyclic) bond motifs is 1. The molecule has 37 heavy (non-hydrogen) atoms. The number of hydrogen-bond donors (Lipinski definition) is 1. The molecule has 2 aliphatic carbocycles. The maximum atomic E-state index is 12.4. The second-order valence-corrected chi connectivity index (χ2v) is 13.5. The van der Waals surface area contributed by atoms with Gasteiger partial charge in [0.25, 0.3) is 0 Å². The van der Waals surface area contributed by atoms with Crippen molar-refractivity contribution < 1.29 is 13.2 Å². The van der Waals surface area contributed by atoms with Gasteiger partial charge in [-0.15, -0.1) is 10.2 Å². The number of nitrogens with one attached hydrogen (secondary N) is 1. The summed E-state index contributed by atoms with van der Waals surface area (Å²) in [6.45, 7) is 4.83. The van der Waals surface area contributed by atoms with Gasteiger partial charge >= 0.3 is 0 Å². The molecule has 1 aliphatic heterocycles. The van der Waals surface area contributed by atoms with E-state index in [4.69, 9.17) is 27.9 Å². The molecule has 2 saturated carbocycles. The number of nitrogens with zero attached hydrogens (tertiary/aromatic N) is 4. The first-order valence-corrected chi connectivity index (χ1v) is 15.3. The van der Waals surface area contributed by atoms with E-state index in [0.717, 1.165) is 55.6 Å². The molecular weight excluding hydrogens is 533 g/mol. The molecule has 6 rings (SSSR count). The summed E-state index contributed by atoms with van der Waals surface area (Å²) in [5, 5.41) is 9.34. The second-order valence-electron chi connectivity index (χ2n) is 10.6. The van der Waals surface area contributed by atoms with Crippen LogP contribution in [0.5, 0.6) is 5.75 Å². The maximum absolute atomic E-state index is 12.4. The summed E-state index contributed by atoms with van der Waals surface area (Å²) >= 11 is 12.4. The predicted molar refractivity (Wildman–Crippen MR) is 145 cm³/mol. The van der Waals surface area contributed by atoms with Crippen LogP contribution in [0, 0.1) is 5.92 Å². The van der Waals surface area contributed by atoms with Crippen LogP contribution >= 0.6 is 23.2 Å². The Morgan fingerprint density at radius 2 is 1.73 bits per heavy atom. The molecule has 2 aromatic heterocycles. The molecule has 0 bridgehead atoms. The van der Waals surface area contributed by atoms with Gasteiger partial charge < -0.3 is 4.74 Å². The lowest BCUT2D eigenvalue weighted by molar-refractivity contribution is 0.113. The number of sulfonamides is 1. The minimum atomic E-state index is -3.41. The number of aromatic nitrogens is 3. The highest BCUT2D eigenvalue weighted by atomic mass is 35.5. The molecule has 0 unspecified atom stereocenters. The number of rotatable bonds is 9. The summed E-state index contributed by atoms with van der Waals surface area (Å²) < 4.78 is 35.6. The van der Waals surface area contributed by atoms with Crippen LogP contribution < -0.4 is 9.46 Å². The number of halogens is 2. The summed E-state index contributed by atoms with van der Waals surface area (Å²) in [6.07, 6.45) is 7.67. The first-order valence-electron chi connectivity index (χ1n) is 13.0. The van der Waals surface area contributed by atoms with Gasteiger partial charge in [-0.05, 0) is 94.1 Å². The van der Waals surface area contributed by atoms with Crippen molar-refractivity contribution in [1.29, 1.82) is 0 Å². The second kappa shape index (κ2) is 9.91. The van der Waals surface area contributed by atoms with Crippen LogP contribution in [-0.2, 0) is 10.0 Å². The topological polar surface area (TPSA) is 88.8 Å². The van der Waals surface area contributed by atoms with E-state index in [2.05, 4.69) is 26.7 Å². The van der Waals surface area contributed by atoms with Gasteiger partial charge in [0.2, 0.25) is 16.0 Å². The SMILES string of the molecule is C[C@@H](c1cc(Cl)cc(Cl)c1)N1CCC(COc2cc3nnc(NS(=O)(=O)C4CC4)n3cc2C2CC2)CC1. The van der Waals surface area contributed by atoms with E-state index in [-0.39, 0.29) is 17.2 Å². The van der Waals surface area contributed by atoms with Crippen molar-refractivity contribution in [2.75, 3.05) is 24.4 Å². The Bertz CT molecular complexity index is 1390. The number of hydrogen-bond acceptors (Lipinski definition) is 6. The number of pyridine rings is 1. The van der Waals surface area contributed by atoms with Crippen molar-refractivity contribution in [2.45, 2.75) is 62.7 Å². The molecule has 11 heteroatoms. The molecule has 0 amide bonds. The molecule has 1 N–H and O–H groups in total. The third-order valence-electron chi connectivity index (χ3n) is 7.79. The van der Waals surface area contributed by atoms with Gasteiger partial charge in [0.05, 0.1) is 11.9 Å². The fourth-order valence-electron chi connectivity index (χ4n) is 5.16. The molecular formula is C26H31Cl2N5O3S. The van der Waals surface area contributed by atoms with Crippen LogP contribution in [0.3, 0.4) is 0 Å². The third kappa shape index (κ3) is 5.55. The highest BCUT2D eigenvalue weighted by Crippen LogP contribution is 2.45. The summed E-state index contributed by atoms with van der Waals surface area (Å²) in [4.78, 5) is 2.47. The van der Waals surface area contributed by atoms with Gasteiger partial charge in [-0.1, -0.05) is 23.2 Å². The van der Waals surface area contributed by atoms with Gasteiger partial charge in [0.15, 0.2) is 5.65 Å².